The number of piperidine rings is 2. The van der Waals surface area contributed by atoms with E-state index in [1.807, 2.05) is 30.3 Å². The average molecular weight is 350 g/mol. The van der Waals surface area contributed by atoms with E-state index in [4.69, 9.17) is 0 Å². The van der Waals surface area contributed by atoms with E-state index in [9.17, 15) is 9.00 Å². The van der Waals surface area contributed by atoms with Gasteiger partial charge in [-0.25, -0.2) is 4.79 Å². The Morgan fingerprint density at radius 3 is 2.54 bits per heavy atom. The number of nitrogens with one attached hydrogen (secondary N) is 2. The highest BCUT2D eigenvalue weighted by atomic mass is 32.2. The molecular weight excluding hydrogens is 322 g/mol. The van der Waals surface area contributed by atoms with E-state index < -0.39 is 10.8 Å². The second kappa shape index (κ2) is 8.12. The van der Waals surface area contributed by atoms with Gasteiger partial charge in [0.15, 0.2) is 0 Å². The third-order valence-corrected chi connectivity index (χ3v) is 6.63. The molecule has 2 aliphatic rings. The van der Waals surface area contributed by atoms with Crippen LogP contribution in [0.2, 0.25) is 0 Å². The van der Waals surface area contributed by atoms with Crippen LogP contribution >= 0.6 is 0 Å². The number of hydrogen-bond acceptors (Lipinski definition) is 3. The van der Waals surface area contributed by atoms with Crippen molar-refractivity contribution >= 4 is 16.8 Å². The Hall–Kier alpha value is -1.40. The van der Waals surface area contributed by atoms with Crippen LogP contribution in [0.15, 0.2) is 35.2 Å². The first-order valence-corrected chi connectivity index (χ1v) is 10.1. The lowest BCUT2D eigenvalue weighted by Crippen LogP contribution is -2.56. The molecule has 0 aromatic heterocycles. The van der Waals surface area contributed by atoms with Gasteiger partial charge in [-0.05, 0) is 44.9 Å². The van der Waals surface area contributed by atoms with Crippen molar-refractivity contribution in [2.45, 2.75) is 55.1 Å². The molecule has 2 N–H and O–H groups in total. The van der Waals surface area contributed by atoms with Crippen LogP contribution in [0.4, 0.5) is 4.79 Å². The van der Waals surface area contributed by atoms with Gasteiger partial charge in [0.05, 0.1) is 10.8 Å². The lowest BCUT2D eigenvalue weighted by atomic mass is 9.82. The Morgan fingerprint density at radius 1 is 1.21 bits per heavy atom. The molecule has 0 aliphatic carbocycles. The van der Waals surface area contributed by atoms with Crippen molar-refractivity contribution in [2.24, 2.45) is 0 Å². The molecule has 1 aromatic rings. The summed E-state index contributed by atoms with van der Waals surface area (Å²) in [5.41, 5.74) is 0. The molecule has 2 bridgehead atoms. The highest BCUT2D eigenvalue weighted by Gasteiger charge is 2.36. The molecule has 24 heavy (non-hydrogen) atoms. The highest BCUT2D eigenvalue weighted by Crippen LogP contribution is 2.32. The van der Waals surface area contributed by atoms with Gasteiger partial charge in [-0.1, -0.05) is 24.6 Å². The molecule has 6 heteroatoms. The van der Waals surface area contributed by atoms with Crippen molar-refractivity contribution in [1.29, 1.82) is 0 Å². The zero-order valence-electron chi connectivity index (χ0n) is 14.2. The number of urea groups is 1. The van der Waals surface area contributed by atoms with Crippen LogP contribution in [0.1, 0.15) is 32.1 Å². The molecule has 0 unspecified atom stereocenters. The predicted molar refractivity (Wildman–Crippen MR) is 96.5 cm³/mol. The van der Waals surface area contributed by atoms with Gasteiger partial charge >= 0.3 is 6.03 Å². The van der Waals surface area contributed by atoms with E-state index in [-0.39, 0.29) is 12.1 Å². The van der Waals surface area contributed by atoms with Gasteiger partial charge in [0, 0.05) is 35.3 Å². The molecule has 0 radical (unpaired) electrons. The Labute approximate surface area is 146 Å². The van der Waals surface area contributed by atoms with Crippen LogP contribution in [-0.4, -0.2) is 52.6 Å². The number of benzene rings is 1. The number of hydrogen-bond donors (Lipinski definition) is 2. The lowest BCUT2D eigenvalue weighted by molar-refractivity contribution is 0.0509. The van der Waals surface area contributed by atoms with E-state index in [0.717, 1.165) is 17.7 Å². The second-order valence-electron chi connectivity index (χ2n) is 6.84. The van der Waals surface area contributed by atoms with Crippen LogP contribution < -0.4 is 10.6 Å². The third kappa shape index (κ3) is 4.36. The predicted octanol–water partition coefficient (Wildman–Crippen LogP) is 2.11. The summed E-state index contributed by atoms with van der Waals surface area (Å²) in [6, 6.07) is 10.7. The quantitative estimate of drug-likeness (QED) is 0.856. The molecule has 132 valence electrons. The Kier molecular flexibility index (Phi) is 5.89. The maximum absolute atomic E-state index is 12.1. The first kappa shape index (κ1) is 17.4. The normalized spacial score (nSPS) is 28.1. The van der Waals surface area contributed by atoms with Gasteiger partial charge in [-0.2, -0.15) is 0 Å². The van der Waals surface area contributed by atoms with Crippen LogP contribution in [0.3, 0.4) is 0 Å². The molecule has 5 nitrogen and oxygen atoms in total. The van der Waals surface area contributed by atoms with E-state index in [2.05, 4.69) is 22.6 Å². The van der Waals surface area contributed by atoms with Gasteiger partial charge < -0.3 is 15.5 Å². The lowest BCUT2D eigenvalue weighted by Gasteiger charge is -2.47. The first-order chi connectivity index (χ1) is 11.6. The molecule has 2 aliphatic heterocycles. The summed E-state index contributed by atoms with van der Waals surface area (Å²) < 4.78 is 12.1. The summed E-state index contributed by atoms with van der Waals surface area (Å²) in [6.07, 6.45) is 5.86. The molecule has 2 fully saturated rings. The minimum atomic E-state index is -1.06. The van der Waals surface area contributed by atoms with Gasteiger partial charge in [-0.15, -0.1) is 0 Å². The van der Waals surface area contributed by atoms with E-state index >= 15 is 0 Å². The van der Waals surface area contributed by atoms with Crippen LogP contribution in [-0.2, 0) is 10.8 Å². The smallest absolute Gasteiger partial charge is 0.315 e. The minimum Gasteiger partial charge on any atom is -0.337 e. The molecule has 2 saturated heterocycles. The topological polar surface area (TPSA) is 61.4 Å². The fourth-order valence-corrected chi connectivity index (χ4v) is 4.90. The third-order valence-electron chi connectivity index (χ3n) is 5.25. The van der Waals surface area contributed by atoms with Crippen molar-refractivity contribution in [3.05, 3.63) is 30.3 Å². The largest absolute Gasteiger partial charge is 0.337 e. The van der Waals surface area contributed by atoms with E-state index in [1.165, 1.54) is 19.3 Å². The van der Waals surface area contributed by atoms with Gasteiger partial charge in [0.25, 0.3) is 0 Å². The summed E-state index contributed by atoms with van der Waals surface area (Å²) in [6.45, 7) is 0.423. The zero-order chi connectivity index (χ0) is 16.9. The van der Waals surface area contributed by atoms with Crippen molar-refractivity contribution in [3.8, 4) is 0 Å². The number of amides is 2. The van der Waals surface area contributed by atoms with E-state index in [1.54, 1.807) is 0 Å². The molecule has 2 amide bonds. The van der Waals surface area contributed by atoms with Gasteiger partial charge in [0.1, 0.15) is 0 Å². The van der Waals surface area contributed by atoms with Crippen molar-refractivity contribution < 1.29 is 9.00 Å². The zero-order valence-corrected chi connectivity index (χ0v) is 15.1. The standard InChI is InChI=1S/C18H27N3O2S/c1-21-15-6-5-7-16(21)13-14(12-15)20-18(22)19-10-11-24(23)17-8-3-2-4-9-17/h2-4,8-9,14-16H,5-7,10-13H2,1H3,(H2,19,20,22)/t15-,16-,24+/m0/s1. The number of carbonyl (C=O) groups excluding carboxylic acids is 1. The Balaban J connectivity index is 1.39. The Morgan fingerprint density at radius 2 is 1.88 bits per heavy atom. The summed E-state index contributed by atoms with van der Waals surface area (Å²) >= 11 is 0. The van der Waals surface area contributed by atoms with Gasteiger partial charge in [-0.3, -0.25) is 4.21 Å². The molecule has 1 aromatic carbocycles. The number of fused-ring (bicyclic) bond motifs is 2. The van der Waals surface area contributed by atoms with Crippen molar-refractivity contribution in [1.82, 2.24) is 15.5 Å². The molecule has 0 spiro atoms. The van der Waals surface area contributed by atoms with Crippen LogP contribution in [0, 0.1) is 0 Å². The van der Waals surface area contributed by atoms with E-state index in [0.29, 0.717) is 24.4 Å². The summed E-state index contributed by atoms with van der Waals surface area (Å²) in [5.74, 6) is 0.441. The minimum absolute atomic E-state index is 0.132. The number of nitrogens with zero attached hydrogens (tertiary/aromatic N) is 1. The van der Waals surface area contributed by atoms with Crippen molar-refractivity contribution in [3.63, 3.8) is 0 Å². The summed E-state index contributed by atoms with van der Waals surface area (Å²) in [5, 5.41) is 5.96. The molecular formula is C18H27N3O2S. The fraction of sp³-hybridized carbons (Fsp3) is 0.611. The van der Waals surface area contributed by atoms with Crippen molar-refractivity contribution in [2.75, 3.05) is 19.3 Å². The number of carbonyl (C=O) groups is 1. The average Bonchev–Trinajstić information content (AvgIpc) is 2.56. The first-order valence-electron chi connectivity index (χ1n) is 8.83. The summed E-state index contributed by atoms with van der Waals surface area (Å²) in [4.78, 5) is 15.4. The fourth-order valence-electron chi connectivity index (χ4n) is 3.92. The molecule has 3 rings (SSSR count). The molecule has 0 saturated carbocycles. The number of rotatable bonds is 5. The maximum atomic E-state index is 12.1. The Bertz CT molecular complexity index is 567. The summed E-state index contributed by atoms with van der Waals surface area (Å²) in [7, 11) is 1.15. The monoisotopic (exact) mass is 349 g/mol. The second-order valence-corrected chi connectivity index (χ2v) is 8.41. The van der Waals surface area contributed by atoms with Gasteiger partial charge in [0.2, 0.25) is 0 Å². The molecule has 2 heterocycles. The highest BCUT2D eigenvalue weighted by molar-refractivity contribution is 7.85. The molecule has 3 atom stereocenters. The SMILES string of the molecule is CN1[C@H]2CCC[C@H]1CC(NC(=O)NCC[S@@](=O)c1ccccc1)C2. The van der Waals surface area contributed by atoms with Crippen LogP contribution in [0.5, 0.6) is 0 Å². The maximum Gasteiger partial charge on any atom is 0.315 e. The van der Waals surface area contributed by atoms with Crippen LogP contribution in [0.25, 0.3) is 0 Å².